The van der Waals surface area contributed by atoms with Crippen molar-refractivity contribution < 1.29 is 4.74 Å². The molecule has 0 saturated heterocycles. The first-order chi connectivity index (χ1) is 9.81. The fraction of sp³-hybridized carbons (Fsp3) is 0.375. The molecule has 1 aliphatic carbocycles. The topological polar surface area (TPSA) is 61.0 Å². The van der Waals surface area contributed by atoms with Gasteiger partial charge in [0.1, 0.15) is 6.10 Å². The van der Waals surface area contributed by atoms with Crippen LogP contribution in [0.15, 0.2) is 36.4 Å². The molecule has 2 aromatic rings. The maximum atomic E-state index is 5.87. The van der Waals surface area contributed by atoms with Gasteiger partial charge in [-0.1, -0.05) is 18.6 Å². The molecule has 1 heterocycles. The molecule has 0 radical (unpaired) electrons. The zero-order valence-corrected chi connectivity index (χ0v) is 11.5. The Hall–Kier alpha value is -2.10. The SMILES string of the molecule is Nc1ccc(-c2ccc(OC3CCCCC3)nn2)cc1. The van der Waals surface area contributed by atoms with Crippen LogP contribution in [0.4, 0.5) is 5.69 Å². The molecule has 0 spiro atoms. The molecule has 4 heteroatoms. The van der Waals surface area contributed by atoms with Gasteiger partial charge in [-0.3, -0.25) is 0 Å². The monoisotopic (exact) mass is 269 g/mol. The predicted octanol–water partition coefficient (Wildman–Crippen LogP) is 3.44. The molecular weight excluding hydrogens is 250 g/mol. The van der Waals surface area contributed by atoms with Crippen molar-refractivity contribution in [3.8, 4) is 17.1 Å². The predicted molar refractivity (Wildman–Crippen MR) is 79.4 cm³/mol. The Labute approximate surface area is 119 Å². The van der Waals surface area contributed by atoms with E-state index in [9.17, 15) is 0 Å². The minimum absolute atomic E-state index is 0.306. The van der Waals surface area contributed by atoms with E-state index in [1.54, 1.807) is 0 Å². The molecule has 1 aromatic carbocycles. The van der Waals surface area contributed by atoms with Crippen LogP contribution in [0.2, 0.25) is 0 Å². The summed E-state index contributed by atoms with van der Waals surface area (Å²) in [6.07, 6.45) is 6.38. The zero-order chi connectivity index (χ0) is 13.8. The van der Waals surface area contributed by atoms with Gasteiger partial charge in [0.2, 0.25) is 5.88 Å². The van der Waals surface area contributed by atoms with Crippen LogP contribution >= 0.6 is 0 Å². The lowest BCUT2D eigenvalue weighted by Gasteiger charge is -2.21. The average Bonchev–Trinajstić information content (AvgIpc) is 2.50. The molecular formula is C16H19N3O. The van der Waals surface area contributed by atoms with Gasteiger partial charge in [-0.15, -0.1) is 10.2 Å². The summed E-state index contributed by atoms with van der Waals surface area (Å²) in [4.78, 5) is 0. The number of nitrogens with zero attached hydrogens (tertiary/aromatic N) is 2. The summed E-state index contributed by atoms with van der Waals surface area (Å²) in [5.74, 6) is 0.621. The van der Waals surface area contributed by atoms with Crippen LogP contribution in [0, 0.1) is 0 Å². The number of hydrogen-bond donors (Lipinski definition) is 1. The molecule has 0 bridgehead atoms. The summed E-state index contributed by atoms with van der Waals surface area (Å²) in [6, 6.07) is 11.5. The second-order valence-corrected chi connectivity index (χ2v) is 5.26. The van der Waals surface area contributed by atoms with Crippen LogP contribution < -0.4 is 10.5 Å². The number of aromatic nitrogens is 2. The third kappa shape index (κ3) is 3.07. The van der Waals surface area contributed by atoms with Crippen LogP contribution in [-0.4, -0.2) is 16.3 Å². The van der Waals surface area contributed by atoms with Gasteiger partial charge >= 0.3 is 0 Å². The second kappa shape index (κ2) is 5.90. The summed E-state index contributed by atoms with van der Waals surface area (Å²) >= 11 is 0. The van der Waals surface area contributed by atoms with E-state index in [0.29, 0.717) is 12.0 Å². The highest BCUT2D eigenvalue weighted by molar-refractivity contribution is 5.61. The van der Waals surface area contributed by atoms with Crippen LogP contribution in [0.3, 0.4) is 0 Å². The van der Waals surface area contributed by atoms with Gasteiger partial charge in [-0.2, -0.15) is 0 Å². The smallest absolute Gasteiger partial charge is 0.233 e. The summed E-state index contributed by atoms with van der Waals surface area (Å²) in [7, 11) is 0. The number of anilines is 1. The van der Waals surface area contributed by atoms with Gasteiger partial charge in [0, 0.05) is 17.3 Å². The maximum Gasteiger partial charge on any atom is 0.233 e. The van der Waals surface area contributed by atoms with Gasteiger partial charge < -0.3 is 10.5 Å². The largest absolute Gasteiger partial charge is 0.473 e. The van der Waals surface area contributed by atoms with E-state index in [1.165, 1.54) is 19.3 Å². The number of rotatable bonds is 3. The Balaban J connectivity index is 1.69. The first-order valence-electron chi connectivity index (χ1n) is 7.17. The third-order valence-corrected chi connectivity index (χ3v) is 3.69. The summed E-state index contributed by atoms with van der Waals surface area (Å²) < 4.78 is 5.87. The first kappa shape index (κ1) is 12.9. The Bertz CT molecular complexity index is 545. The maximum absolute atomic E-state index is 5.87. The van der Waals surface area contributed by atoms with Crippen molar-refractivity contribution in [3.05, 3.63) is 36.4 Å². The van der Waals surface area contributed by atoms with E-state index < -0.39 is 0 Å². The highest BCUT2D eigenvalue weighted by atomic mass is 16.5. The molecule has 1 saturated carbocycles. The van der Waals surface area contributed by atoms with Gasteiger partial charge in [-0.05, 0) is 43.9 Å². The Morgan fingerprint density at radius 3 is 2.30 bits per heavy atom. The van der Waals surface area contributed by atoms with Gasteiger partial charge in [0.25, 0.3) is 0 Å². The van der Waals surface area contributed by atoms with Crippen molar-refractivity contribution in [3.63, 3.8) is 0 Å². The highest BCUT2D eigenvalue weighted by Gasteiger charge is 2.15. The second-order valence-electron chi connectivity index (χ2n) is 5.26. The Kier molecular flexibility index (Phi) is 3.81. The molecule has 0 aliphatic heterocycles. The van der Waals surface area contributed by atoms with E-state index in [2.05, 4.69) is 10.2 Å². The van der Waals surface area contributed by atoms with E-state index in [0.717, 1.165) is 29.8 Å². The Morgan fingerprint density at radius 2 is 1.65 bits per heavy atom. The minimum Gasteiger partial charge on any atom is -0.473 e. The third-order valence-electron chi connectivity index (χ3n) is 3.69. The molecule has 1 fully saturated rings. The number of nitrogen functional groups attached to an aromatic ring is 1. The molecule has 20 heavy (non-hydrogen) atoms. The van der Waals surface area contributed by atoms with Gasteiger partial charge in [0.15, 0.2) is 0 Å². The van der Waals surface area contributed by atoms with E-state index in [4.69, 9.17) is 10.5 Å². The average molecular weight is 269 g/mol. The normalized spacial score (nSPS) is 16.0. The van der Waals surface area contributed by atoms with Crippen molar-refractivity contribution in [2.45, 2.75) is 38.2 Å². The number of ether oxygens (including phenoxy) is 1. The lowest BCUT2D eigenvalue weighted by atomic mass is 9.98. The molecule has 0 atom stereocenters. The van der Waals surface area contributed by atoms with Gasteiger partial charge in [0.05, 0.1) is 5.69 Å². The summed E-state index contributed by atoms with van der Waals surface area (Å²) in [5.41, 5.74) is 8.27. The molecule has 0 amide bonds. The minimum atomic E-state index is 0.306. The molecule has 1 aromatic heterocycles. The first-order valence-corrected chi connectivity index (χ1v) is 7.17. The summed E-state index contributed by atoms with van der Waals surface area (Å²) in [6.45, 7) is 0. The number of hydrogen-bond acceptors (Lipinski definition) is 4. The highest BCUT2D eigenvalue weighted by Crippen LogP contribution is 2.23. The van der Waals surface area contributed by atoms with Crippen molar-refractivity contribution in [1.82, 2.24) is 10.2 Å². The van der Waals surface area contributed by atoms with E-state index >= 15 is 0 Å². The lowest BCUT2D eigenvalue weighted by molar-refractivity contribution is 0.147. The van der Waals surface area contributed by atoms with E-state index in [-0.39, 0.29) is 0 Å². The van der Waals surface area contributed by atoms with Crippen LogP contribution in [0.25, 0.3) is 11.3 Å². The standard InChI is InChI=1S/C16H19N3O/c17-13-8-6-12(7-9-13)15-10-11-16(19-18-15)20-14-4-2-1-3-5-14/h6-11,14H,1-5,17H2. The molecule has 4 nitrogen and oxygen atoms in total. The van der Waals surface area contributed by atoms with Crippen LogP contribution in [0.1, 0.15) is 32.1 Å². The molecule has 0 unspecified atom stereocenters. The molecule has 1 aliphatic rings. The van der Waals surface area contributed by atoms with Crippen LogP contribution in [-0.2, 0) is 0 Å². The fourth-order valence-corrected chi connectivity index (χ4v) is 2.54. The van der Waals surface area contributed by atoms with E-state index in [1.807, 2.05) is 36.4 Å². The fourth-order valence-electron chi connectivity index (χ4n) is 2.54. The Morgan fingerprint density at radius 1 is 0.900 bits per heavy atom. The quantitative estimate of drug-likeness (QED) is 0.867. The number of benzene rings is 1. The van der Waals surface area contributed by atoms with Crippen molar-refractivity contribution >= 4 is 5.69 Å². The van der Waals surface area contributed by atoms with Crippen molar-refractivity contribution in [2.24, 2.45) is 0 Å². The van der Waals surface area contributed by atoms with Crippen molar-refractivity contribution in [2.75, 3.05) is 5.73 Å². The molecule has 2 N–H and O–H groups in total. The molecule has 104 valence electrons. The van der Waals surface area contributed by atoms with Crippen molar-refractivity contribution in [1.29, 1.82) is 0 Å². The molecule has 3 rings (SSSR count). The van der Waals surface area contributed by atoms with Crippen LogP contribution in [0.5, 0.6) is 5.88 Å². The summed E-state index contributed by atoms with van der Waals surface area (Å²) in [5, 5.41) is 8.40. The number of nitrogens with two attached hydrogens (primary N) is 1. The van der Waals surface area contributed by atoms with Gasteiger partial charge in [-0.25, -0.2) is 0 Å². The lowest BCUT2D eigenvalue weighted by Crippen LogP contribution is -2.20. The zero-order valence-electron chi connectivity index (χ0n) is 11.5.